The maximum absolute atomic E-state index is 13.6. The number of hydrogen-bond donors (Lipinski definition) is 3. The molecule has 12 heteroatoms. The molecule has 1 heterocycles. The number of nitrogens with one attached hydrogen (secondary N) is 1. The molecule has 0 aliphatic heterocycles. The number of carbonyl (C=O) groups is 2. The summed E-state index contributed by atoms with van der Waals surface area (Å²) in [6.07, 6.45) is 7.31. The van der Waals surface area contributed by atoms with Gasteiger partial charge in [-0.25, -0.2) is 15.4 Å². The number of hydrazine groups is 1. The molecule has 3 aromatic rings. The zero-order valence-electron chi connectivity index (χ0n) is 25.6. The van der Waals surface area contributed by atoms with Crippen LogP contribution in [-0.2, 0) is 20.8 Å². The van der Waals surface area contributed by atoms with Gasteiger partial charge in [0.05, 0.1) is 18.8 Å². The fraction of sp³-hybridized carbons (Fsp3) is 0.333. The Bertz CT molecular complexity index is 1520. The van der Waals surface area contributed by atoms with E-state index in [9.17, 15) is 9.59 Å². The molecule has 1 unspecified atom stereocenters. The van der Waals surface area contributed by atoms with E-state index in [0.29, 0.717) is 18.1 Å². The fourth-order valence-corrected chi connectivity index (χ4v) is 5.14. The minimum atomic E-state index is -1.20. The Kier molecular flexibility index (Phi) is 11.7. The van der Waals surface area contributed by atoms with E-state index in [1.54, 1.807) is 22.8 Å². The molecule has 238 valence electrons. The Labute approximate surface area is 262 Å². The summed E-state index contributed by atoms with van der Waals surface area (Å²) in [4.78, 5) is 30.5. The van der Waals surface area contributed by atoms with E-state index in [2.05, 4.69) is 22.1 Å². The largest absolute Gasteiger partial charge is 0.511 e. The van der Waals surface area contributed by atoms with Crippen molar-refractivity contribution in [2.45, 2.75) is 64.9 Å². The summed E-state index contributed by atoms with van der Waals surface area (Å²) in [6.45, 7) is 7.54. The van der Waals surface area contributed by atoms with E-state index in [0.717, 1.165) is 54.4 Å². The highest BCUT2D eigenvalue weighted by atomic mass is 16.8. The lowest BCUT2D eigenvalue weighted by molar-refractivity contribution is -0.0919. The Balaban J connectivity index is 1.58. The molecule has 1 aliphatic carbocycles. The highest BCUT2D eigenvalue weighted by Crippen LogP contribution is 2.27. The summed E-state index contributed by atoms with van der Waals surface area (Å²) >= 11 is 0. The first kappa shape index (κ1) is 32.8. The predicted molar refractivity (Wildman–Crippen MR) is 171 cm³/mol. The van der Waals surface area contributed by atoms with Crippen LogP contribution in [0.1, 0.15) is 73.3 Å². The summed E-state index contributed by atoms with van der Waals surface area (Å²) in [7, 11) is 0. The molecular formula is C33H40N6O6. The van der Waals surface area contributed by atoms with Gasteiger partial charge >= 0.3 is 12.1 Å². The van der Waals surface area contributed by atoms with Gasteiger partial charge in [0.15, 0.2) is 11.5 Å². The molecule has 1 saturated carbocycles. The second kappa shape index (κ2) is 16.1. The van der Waals surface area contributed by atoms with E-state index in [1.807, 2.05) is 55.5 Å². The Morgan fingerprint density at radius 2 is 1.87 bits per heavy atom. The van der Waals surface area contributed by atoms with Gasteiger partial charge in [-0.05, 0) is 55.4 Å². The molecular weight excluding hydrogens is 576 g/mol. The third-order valence-electron chi connectivity index (χ3n) is 7.22. The SMILES string of the molecule is C=C/C=C\c1nc(OCC)n(Cc2ccc(-c3ccccc3/C(=N/N)NN)cc2)c1C(=O)OC(C)OC(=O)OC1CCCCC1. The van der Waals surface area contributed by atoms with Crippen molar-refractivity contribution < 1.29 is 28.5 Å². The first-order valence-corrected chi connectivity index (χ1v) is 14.9. The lowest BCUT2D eigenvalue weighted by Crippen LogP contribution is -2.32. The average Bonchev–Trinajstić information content (AvgIpc) is 3.38. The van der Waals surface area contributed by atoms with Crippen LogP contribution in [0.3, 0.4) is 0 Å². The van der Waals surface area contributed by atoms with Gasteiger partial charge in [-0.2, -0.15) is 10.1 Å². The second-order valence-corrected chi connectivity index (χ2v) is 10.3. The molecule has 1 atom stereocenters. The molecule has 1 aliphatic rings. The standard InChI is InChI=1S/C33H40N6O6/c1-4-6-16-28-29(31(40)43-22(3)44-33(41)45-25-12-8-7-9-13-25)39(32(36-28)42-5-2)21-23-17-19-24(20-18-23)26-14-10-11-15-27(26)30(37-34)38-35/h4,6,10-11,14-20,22,25H,1,5,7-9,12-13,21,34-35H2,2-3H3,(H,37,38)/b16-6-. The number of aromatic nitrogens is 2. The number of hydrogen-bond acceptors (Lipinski definition) is 10. The molecule has 45 heavy (non-hydrogen) atoms. The fourth-order valence-electron chi connectivity index (χ4n) is 5.14. The van der Waals surface area contributed by atoms with Crippen molar-refractivity contribution in [3.05, 3.63) is 89.8 Å². The zero-order valence-corrected chi connectivity index (χ0v) is 25.6. The van der Waals surface area contributed by atoms with Crippen molar-refractivity contribution in [2.75, 3.05) is 6.61 Å². The van der Waals surface area contributed by atoms with Gasteiger partial charge in [-0.15, -0.1) is 0 Å². The maximum atomic E-state index is 13.6. The van der Waals surface area contributed by atoms with Crippen molar-refractivity contribution in [2.24, 2.45) is 16.8 Å². The van der Waals surface area contributed by atoms with Gasteiger partial charge in [0.25, 0.3) is 6.01 Å². The molecule has 1 fully saturated rings. The summed E-state index contributed by atoms with van der Waals surface area (Å²) in [5.74, 6) is 10.7. The molecule has 0 radical (unpaired) electrons. The van der Waals surface area contributed by atoms with Crippen molar-refractivity contribution in [1.82, 2.24) is 15.0 Å². The van der Waals surface area contributed by atoms with E-state index < -0.39 is 18.4 Å². The number of hydrazone groups is 1. The molecule has 0 bridgehead atoms. The zero-order chi connectivity index (χ0) is 32.2. The normalized spacial score (nSPS) is 14.5. The lowest BCUT2D eigenvalue weighted by atomic mass is 9.98. The quantitative estimate of drug-likeness (QED) is 0.0464. The highest BCUT2D eigenvalue weighted by molar-refractivity contribution is 6.04. The Morgan fingerprint density at radius 1 is 1.13 bits per heavy atom. The monoisotopic (exact) mass is 616 g/mol. The number of nitrogens with two attached hydrogens (primary N) is 2. The number of esters is 1. The summed E-state index contributed by atoms with van der Waals surface area (Å²) in [5.41, 5.74) is 6.34. The van der Waals surface area contributed by atoms with E-state index in [1.165, 1.54) is 6.92 Å². The van der Waals surface area contributed by atoms with Crippen LogP contribution >= 0.6 is 0 Å². The Morgan fingerprint density at radius 3 is 2.53 bits per heavy atom. The number of carbonyl (C=O) groups excluding carboxylic acids is 2. The van der Waals surface area contributed by atoms with Crippen molar-refractivity contribution >= 4 is 24.0 Å². The van der Waals surface area contributed by atoms with Crippen LogP contribution in [0.5, 0.6) is 6.01 Å². The number of amidine groups is 1. The Hall–Kier alpha value is -5.10. The summed E-state index contributed by atoms with van der Waals surface area (Å²) in [5, 5.41) is 3.74. The van der Waals surface area contributed by atoms with Crippen LogP contribution in [0.4, 0.5) is 4.79 Å². The lowest BCUT2D eigenvalue weighted by Gasteiger charge is -2.22. The van der Waals surface area contributed by atoms with Crippen LogP contribution in [0, 0.1) is 0 Å². The van der Waals surface area contributed by atoms with Crippen molar-refractivity contribution in [3.8, 4) is 17.1 Å². The molecule has 0 spiro atoms. The highest BCUT2D eigenvalue weighted by Gasteiger charge is 2.28. The van der Waals surface area contributed by atoms with Gasteiger partial charge < -0.3 is 30.2 Å². The van der Waals surface area contributed by atoms with Gasteiger partial charge in [-0.3, -0.25) is 4.57 Å². The number of rotatable bonds is 12. The first-order chi connectivity index (χ1) is 21.9. The van der Waals surface area contributed by atoms with Crippen LogP contribution in [-0.4, -0.2) is 46.5 Å². The number of benzene rings is 2. The van der Waals surface area contributed by atoms with E-state index in [4.69, 9.17) is 30.6 Å². The number of imidazole rings is 1. The minimum absolute atomic E-state index is 0.125. The average molecular weight is 617 g/mol. The van der Waals surface area contributed by atoms with Crippen LogP contribution in [0.15, 0.2) is 72.4 Å². The number of nitrogens with zero attached hydrogens (tertiary/aromatic N) is 3. The van der Waals surface area contributed by atoms with Gasteiger partial charge in [0, 0.05) is 12.5 Å². The van der Waals surface area contributed by atoms with Crippen LogP contribution in [0.2, 0.25) is 0 Å². The molecule has 2 aromatic carbocycles. The molecule has 4 rings (SSSR count). The van der Waals surface area contributed by atoms with Crippen LogP contribution < -0.4 is 21.8 Å². The predicted octanol–water partition coefficient (Wildman–Crippen LogP) is 5.27. The molecule has 5 N–H and O–H groups in total. The second-order valence-electron chi connectivity index (χ2n) is 10.3. The van der Waals surface area contributed by atoms with Crippen molar-refractivity contribution in [1.29, 1.82) is 0 Å². The van der Waals surface area contributed by atoms with Gasteiger partial charge in [0.2, 0.25) is 6.29 Å². The minimum Gasteiger partial charge on any atom is -0.465 e. The summed E-state index contributed by atoms with van der Waals surface area (Å²) < 4.78 is 23.6. The van der Waals surface area contributed by atoms with Crippen molar-refractivity contribution in [3.63, 3.8) is 0 Å². The third kappa shape index (κ3) is 8.51. The topological polar surface area (TPSA) is 165 Å². The number of allylic oxidation sites excluding steroid dienone is 2. The first-order valence-electron chi connectivity index (χ1n) is 14.9. The van der Waals surface area contributed by atoms with Crippen LogP contribution in [0.25, 0.3) is 17.2 Å². The third-order valence-corrected chi connectivity index (χ3v) is 7.22. The smallest absolute Gasteiger partial charge is 0.465 e. The number of ether oxygens (including phenoxy) is 4. The van der Waals surface area contributed by atoms with Gasteiger partial charge in [0.1, 0.15) is 6.10 Å². The molecule has 0 amide bonds. The molecule has 12 nitrogen and oxygen atoms in total. The molecule has 1 aromatic heterocycles. The van der Waals surface area contributed by atoms with E-state index in [-0.39, 0.29) is 24.4 Å². The summed E-state index contributed by atoms with van der Waals surface area (Å²) in [6, 6.07) is 15.6. The molecule has 0 saturated heterocycles. The van der Waals surface area contributed by atoms with Gasteiger partial charge in [-0.1, -0.05) is 73.7 Å². The maximum Gasteiger partial charge on any atom is 0.511 e. The van der Waals surface area contributed by atoms with E-state index >= 15 is 0 Å².